The van der Waals surface area contributed by atoms with Crippen LogP contribution in [0.5, 0.6) is 0 Å². The topological polar surface area (TPSA) is 29.3 Å². The lowest BCUT2D eigenvalue weighted by atomic mass is 9.86. The van der Waals surface area contributed by atoms with Crippen molar-refractivity contribution in [3.05, 3.63) is 0 Å². The van der Waals surface area contributed by atoms with Crippen LogP contribution >= 0.6 is 0 Å². The molecule has 0 radical (unpaired) electrons. The predicted octanol–water partition coefficient (Wildman–Crippen LogP) is 2.24. The maximum Gasteiger partial charge on any atom is 0.00390 e. The quantitative estimate of drug-likeness (QED) is 0.754. The fourth-order valence-electron chi connectivity index (χ4n) is 2.73. The number of nitrogens with zero attached hydrogens (tertiary/aromatic N) is 1. The van der Waals surface area contributed by atoms with E-state index in [0.29, 0.717) is 6.04 Å². The summed E-state index contributed by atoms with van der Waals surface area (Å²) < 4.78 is 0. The van der Waals surface area contributed by atoms with Gasteiger partial charge in [0.2, 0.25) is 0 Å². The standard InChI is InChI=1S/C13H26N2/c1-2-15(9-11-3-4-11)10-12-5-7-13(14)8-6-12/h11-13H,2-10,14H2,1H3. The number of hydrogen-bond donors (Lipinski definition) is 1. The Balaban J connectivity index is 1.68. The minimum Gasteiger partial charge on any atom is -0.328 e. The van der Waals surface area contributed by atoms with Crippen LogP contribution in [0.1, 0.15) is 45.4 Å². The first-order valence-corrected chi connectivity index (χ1v) is 6.76. The van der Waals surface area contributed by atoms with Gasteiger partial charge in [-0.3, -0.25) is 0 Å². The first-order valence-electron chi connectivity index (χ1n) is 6.76. The fraction of sp³-hybridized carbons (Fsp3) is 1.00. The average Bonchev–Trinajstić information content (AvgIpc) is 3.04. The minimum atomic E-state index is 0.500. The van der Waals surface area contributed by atoms with Gasteiger partial charge in [-0.15, -0.1) is 0 Å². The lowest BCUT2D eigenvalue weighted by Crippen LogP contribution is -2.35. The van der Waals surface area contributed by atoms with E-state index in [-0.39, 0.29) is 0 Å². The van der Waals surface area contributed by atoms with Crippen LogP contribution in [0, 0.1) is 11.8 Å². The molecule has 0 saturated heterocycles. The molecule has 0 bridgehead atoms. The molecule has 0 atom stereocenters. The smallest absolute Gasteiger partial charge is 0.00390 e. The van der Waals surface area contributed by atoms with Crippen molar-refractivity contribution in [1.82, 2.24) is 4.90 Å². The Morgan fingerprint density at radius 3 is 1.80 bits per heavy atom. The van der Waals surface area contributed by atoms with Gasteiger partial charge < -0.3 is 10.6 Å². The second-order valence-corrected chi connectivity index (χ2v) is 5.58. The summed E-state index contributed by atoms with van der Waals surface area (Å²) in [4.78, 5) is 2.67. The highest BCUT2D eigenvalue weighted by molar-refractivity contribution is 4.80. The van der Waals surface area contributed by atoms with E-state index < -0.39 is 0 Å². The van der Waals surface area contributed by atoms with Crippen LogP contribution < -0.4 is 5.73 Å². The Bertz CT molecular complexity index is 181. The van der Waals surface area contributed by atoms with Crippen molar-refractivity contribution in [2.45, 2.75) is 51.5 Å². The zero-order valence-corrected chi connectivity index (χ0v) is 10.1. The maximum absolute atomic E-state index is 5.94. The van der Waals surface area contributed by atoms with Crippen LogP contribution in [-0.4, -0.2) is 30.6 Å². The van der Waals surface area contributed by atoms with Crippen molar-refractivity contribution in [3.63, 3.8) is 0 Å². The zero-order chi connectivity index (χ0) is 10.7. The monoisotopic (exact) mass is 210 g/mol. The molecule has 0 amide bonds. The summed E-state index contributed by atoms with van der Waals surface area (Å²) in [5.41, 5.74) is 5.94. The highest BCUT2D eigenvalue weighted by atomic mass is 15.1. The lowest BCUT2D eigenvalue weighted by molar-refractivity contribution is 0.195. The second-order valence-electron chi connectivity index (χ2n) is 5.58. The Kier molecular flexibility index (Phi) is 4.04. The van der Waals surface area contributed by atoms with Gasteiger partial charge in [0.1, 0.15) is 0 Å². The highest BCUT2D eigenvalue weighted by Gasteiger charge is 2.26. The molecule has 0 unspecified atom stereocenters. The van der Waals surface area contributed by atoms with Gasteiger partial charge in [0.25, 0.3) is 0 Å². The SMILES string of the molecule is CCN(CC1CCC(N)CC1)CC1CC1. The van der Waals surface area contributed by atoms with Crippen LogP contribution in [0.15, 0.2) is 0 Å². The molecule has 15 heavy (non-hydrogen) atoms. The molecule has 0 heterocycles. The molecule has 2 rings (SSSR count). The number of nitrogens with two attached hydrogens (primary N) is 1. The third kappa shape index (κ3) is 3.76. The molecular weight excluding hydrogens is 184 g/mol. The summed E-state index contributed by atoms with van der Waals surface area (Å²) in [5, 5.41) is 0. The van der Waals surface area contributed by atoms with Gasteiger partial charge in [-0.1, -0.05) is 6.92 Å². The fourth-order valence-corrected chi connectivity index (χ4v) is 2.73. The lowest BCUT2D eigenvalue weighted by Gasteiger charge is -2.31. The molecule has 0 spiro atoms. The van der Waals surface area contributed by atoms with Crippen molar-refractivity contribution < 1.29 is 0 Å². The minimum absolute atomic E-state index is 0.500. The summed E-state index contributed by atoms with van der Waals surface area (Å²) in [6.45, 7) is 6.23. The third-order valence-corrected chi connectivity index (χ3v) is 4.07. The van der Waals surface area contributed by atoms with E-state index in [1.165, 1.54) is 58.2 Å². The largest absolute Gasteiger partial charge is 0.328 e. The van der Waals surface area contributed by atoms with E-state index in [1.54, 1.807) is 0 Å². The van der Waals surface area contributed by atoms with Gasteiger partial charge in [0.15, 0.2) is 0 Å². The molecule has 0 aromatic carbocycles. The molecule has 2 saturated carbocycles. The Hall–Kier alpha value is -0.0800. The van der Waals surface area contributed by atoms with Gasteiger partial charge >= 0.3 is 0 Å². The molecule has 0 aromatic heterocycles. The first-order chi connectivity index (χ1) is 7.28. The summed E-state index contributed by atoms with van der Waals surface area (Å²) in [5.74, 6) is 1.97. The van der Waals surface area contributed by atoms with Crippen LogP contribution in [0.2, 0.25) is 0 Å². The van der Waals surface area contributed by atoms with Crippen molar-refractivity contribution in [1.29, 1.82) is 0 Å². The Labute approximate surface area is 94.2 Å². The van der Waals surface area contributed by atoms with E-state index in [2.05, 4.69) is 11.8 Å². The molecule has 88 valence electrons. The summed E-state index contributed by atoms with van der Waals surface area (Å²) in [6.07, 6.45) is 8.19. The maximum atomic E-state index is 5.94. The van der Waals surface area contributed by atoms with Crippen molar-refractivity contribution >= 4 is 0 Å². The Morgan fingerprint density at radius 2 is 1.40 bits per heavy atom. The van der Waals surface area contributed by atoms with Crippen LogP contribution in [0.3, 0.4) is 0 Å². The highest BCUT2D eigenvalue weighted by Crippen LogP contribution is 2.31. The molecule has 2 nitrogen and oxygen atoms in total. The van der Waals surface area contributed by atoms with E-state index in [1.807, 2.05) is 0 Å². The summed E-state index contributed by atoms with van der Waals surface area (Å²) in [6, 6.07) is 0.500. The van der Waals surface area contributed by atoms with Crippen molar-refractivity contribution in [2.75, 3.05) is 19.6 Å². The molecule has 0 aromatic rings. The number of hydrogen-bond acceptors (Lipinski definition) is 2. The summed E-state index contributed by atoms with van der Waals surface area (Å²) >= 11 is 0. The van der Waals surface area contributed by atoms with Gasteiger partial charge in [-0.25, -0.2) is 0 Å². The average molecular weight is 210 g/mol. The van der Waals surface area contributed by atoms with E-state index >= 15 is 0 Å². The summed E-state index contributed by atoms with van der Waals surface area (Å²) in [7, 11) is 0. The van der Waals surface area contributed by atoms with Gasteiger partial charge in [0, 0.05) is 19.1 Å². The molecule has 2 aliphatic rings. The molecule has 2 fully saturated rings. The van der Waals surface area contributed by atoms with Crippen LogP contribution in [0.4, 0.5) is 0 Å². The molecule has 2 N–H and O–H groups in total. The molecule has 2 heteroatoms. The normalized spacial score (nSPS) is 32.2. The third-order valence-electron chi connectivity index (χ3n) is 4.07. The van der Waals surface area contributed by atoms with E-state index in [9.17, 15) is 0 Å². The second kappa shape index (κ2) is 5.31. The first kappa shape index (κ1) is 11.4. The van der Waals surface area contributed by atoms with E-state index in [4.69, 9.17) is 5.73 Å². The van der Waals surface area contributed by atoms with Crippen LogP contribution in [-0.2, 0) is 0 Å². The molecule has 2 aliphatic carbocycles. The zero-order valence-electron chi connectivity index (χ0n) is 10.1. The van der Waals surface area contributed by atoms with Crippen LogP contribution in [0.25, 0.3) is 0 Å². The predicted molar refractivity (Wildman–Crippen MR) is 64.8 cm³/mol. The molecular formula is C13H26N2. The van der Waals surface area contributed by atoms with Gasteiger partial charge in [-0.2, -0.15) is 0 Å². The molecule has 0 aliphatic heterocycles. The van der Waals surface area contributed by atoms with E-state index in [0.717, 1.165) is 11.8 Å². The Morgan fingerprint density at radius 1 is 0.933 bits per heavy atom. The van der Waals surface area contributed by atoms with Crippen molar-refractivity contribution in [2.24, 2.45) is 17.6 Å². The number of rotatable bonds is 5. The van der Waals surface area contributed by atoms with Gasteiger partial charge in [-0.05, 0) is 56.9 Å². The van der Waals surface area contributed by atoms with Crippen molar-refractivity contribution in [3.8, 4) is 0 Å². The van der Waals surface area contributed by atoms with Gasteiger partial charge in [0.05, 0.1) is 0 Å².